The average molecular weight is 216 g/mol. The van der Waals surface area contributed by atoms with E-state index in [1.807, 2.05) is 18.2 Å². The van der Waals surface area contributed by atoms with Crippen molar-refractivity contribution in [1.82, 2.24) is 0 Å². The molecule has 1 N–H and O–H groups in total. The number of aryl methyl sites for hydroxylation is 1. The van der Waals surface area contributed by atoms with Crippen molar-refractivity contribution in [2.75, 3.05) is 6.61 Å². The number of aromatic nitrogens is 1. The summed E-state index contributed by atoms with van der Waals surface area (Å²) in [5, 5.41) is 8.58. The van der Waals surface area contributed by atoms with Crippen molar-refractivity contribution in [3.8, 4) is 0 Å². The summed E-state index contributed by atoms with van der Waals surface area (Å²) in [4.78, 5) is 0. The summed E-state index contributed by atoms with van der Waals surface area (Å²) >= 11 is 0. The molecule has 0 amide bonds. The third-order valence-electron chi connectivity index (χ3n) is 2.10. The highest BCUT2D eigenvalue weighted by Gasteiger charge is 1.96. The van der Waals surface area contributed by atoms with Crippen molar-refractivity contribution in [1.29, 1.82) is 0 Å². The Bertz CT molecular complexity index is 216. The second-order valence-corrected chi connectivity index (χ2v) is 3.25. The zero-order valence-corrected chi connectivity index (χ0v) is 9.16. The predicted octanol–water partition coefficient (Wildman–Crippen LogP) is -1.47. The van der Waals surface area contributed by atoms with Crippen molar-refractivity contribution < 1.29 is 22.1 Å². The van der Waals surface area contributed by atoms with Gasteiger partial charge < -0.3 is 17.5 Å². The van der Waals surface area contributed by atoms with E-state index in [1.165, 1.54) is 12.8 Å². The maximum Gasteiger partial charge on any atom is 0.168 e. The fraction of sp³-hybridized carbons (Fsp3) is 0.545. The van der Waals surface area contributed by atoms with Crippen LogP contribution in [0.3, 0.4) is 0 Å². The highest BCUT2D eigenvalue weighted by Crippen LogP contribution is 1.98. The molecule has 80 valence electrons. The minimum absolute atomic E-state index is 0. The predicted molar refractivity (Wildman–Crippen MR) is 52.2 cm³/mol. The fourth-order valence-electron chi connectivity index (χ4n) is 1.34. The van der Waals surface area contributed by atoms with Gasteiger partial charge in [0.2, 0.25) is 0 Å². The molecule has 0 aliphatic rings. The van der Waals surface area contributed by atoms with Crippen LogP contribution < -0.4 is 17.0 Å². The molecule has 0 atom stereocenters. The van der Waals surface area contributed by atoms with Crippen LogP contribution in [0.25, 0.3) is 0 Å². The van der Waals surface area contributed by atoms with E-state index in [1.54, 1.807) is 0 Å². The maximum atomic E-state index is 8.58. The van der Waals surface area contributed by atoms with Crippen molar-refractivity contribution in [3.05, 3.63) is 30.6 Å². The van der Waals surface area contributed by atoms with E-state index in [0.29, 0.717) is 6.61 Å². The van der Waals surface area contributed by atoms with Gasteiger partial charge in [-0.3, -0.25) is 0 Å². The lowest BCUT2D eigenvalue weighted by Crippen LogP contribution is -3.00. The second-order valence-electron chi connectivity index (χ2n) is 3.25. The van der Waals surface area contributed by atoms with Crippen LogP contribution in [-0.4, -0.2) is 11.7 Å². The number of hydrogen-bond donors (Lipinski definition) is 1. The summed E-state index contributed by atoms with van der Waals surface area (Å²) < 4.78 is 2.19. The molecule has 1 heterocycles. The van der Waals surface area contributed by atoms with Crippen molar-refractivity contribution >= 4 is 0 Å². The highest BCUT2D eigenvalue weighted by molar-refractivity contribution is 4.83. The third kappa shape index (κ3) is 5.95. The second kappa shape index (κ2) is 8.97. The van der Waals surface area contributed by atoms with Gasteiger partial charge in [0.1, 0.15) is 6.54 Å². The first kappa shape index (κ1) is 13.4. The average Bonchev–Trinajstić information content (AvgIpc) is 2.19. The van der Waals surface area contributed by atoms with Crippen LogP contribution in [-0.2, 0) is 6.54 Å². The fourth-order valence-corrected chi connectivity index (χ4v) is 1.34. The number of hydrogen-bond acceptors (Lipinski definition) is 1. The minimum atomic E-state index is 0. The number of pyridine rings is 1. The van der Waals surface area contributed by atoms with Gasteiger partial charge in [0.25, 0.3) is 0 Å². The molecule has 1 aromatic rings. The van der Waals surface area contributed by atoms with Gasteiger partial charge in [-0.15, -0.1) is 0 Å². The molecule has 0 aromatic carbocycles. The first-order valence-corrected chi connectivity index (χ1v) is 4.98. The lowest BCUT2D eigenvalue weighted by atomic mass is 10.2. The van der Waals surface area contributed by atoms with Crippen LogP contribution in [0.5, 0.6) is 0 Å². The summed E-state index contributed by atoms with van der Waals surface area (Å²) in [6, 6.07) is 6.13. The molecule has 0 saturated heterocycles. The van der Waals surface area contributed by atoms with E-state index in [-0.39, 0.29) is 12.4 Å². The molecule has 3 heteroatoms. The summed E-state index contributed by atoms with van der Waals surface area (Å²) in [5.74, 6) is 0. The van der Waals surface area contributed by atoms with E-state index >= 15 is 0 Å². The molecular formula is C11H18ClNO. The molecule has 1 rings (SSSR count). The van der Waals surface area contributed by atoms with E-state index in [9.17, 15) is 0 Å². The zero-order chi connectivity index (χ0) is 9.36. The normalized spacial score (nSPS) is 9.50. The molecule has 0 aliphatic carbocycles. The van der Waals surface area contributed by atoms with Gasteiger partial charge in [0.05, 0.1) is 0 Å². The number of unbranched alkanes of at least 4 members (excludes halogenated alkanes) is 3. The number of aliphatic hydroxyl groups is 1. The highest BCUT2D eigenvalue weighted by atomic mass is 35.5. The van der Waals surface area contributed by atoms with Crippen molar-refractivity contribution in [3.63, 3.8) is 0 Å². The summed E-state index contributed by atoms with van der Waals surface area (Å²) in [6.45, 7) is 1.42. The van der Waals surface area contributed by atoms with E-state index in [2.05, 4.69) is 17.0 Å². The van der Waals surface area contributed by atoms with Crippen molar-refractivity contribution in [2.24, 2.45) is 0 Å². The Balaban J connectivity index is 0.00000169. The SMILES string of the molecule is OCCCCCC[n+]1ccccc1.[Cl-]. The van der Waals surface area contributed by atoms with Gasteiger partial charge in [0.15, 0.2) is 12.4 Å². The molecule has 1 aromatic heterocycles. The van der Waals surface area contributed by atoms with Crippen molar-refractivity contribution in [2.45, 2.75) is 32.2 Å². The zero-order valence-electron chi connectivity index (χ0n) is 8.40. The first-order valence-electron chi connectivity index (χ1n) is 4.98. The van der Waals surface area contributed by atoms with Crippen LogP contribution in [0.4, 0.5) is 0 Å². The molecule has 2 nitrogen and oxygen atoms in total. The van der Waals surface area contributed by atoms with Gasteiger partial charge in [-0.25, -0.2) is 4.57 Å². The molecule has 0 radical (unpaired) electrons. The van der Waals surface area contributed by atoms with Crippen LogP contribution in [0.1, 0.15) is 25.7 Å². The standard InChI is InChI=1S/C11H18NO.ClH/c13-11-7-2-1-4-8-12-9-5-3-6-10-12;/h3,5-6,9-10,13H,1-2,4,7-8,11H2;1H/q+1;/p-1. The minimum Gasteiger partial charge on any atom is -1.00 e. The van der Waals surface area contributed by atoms with Gasteiger partial charge in [0, 0.05) is 25.2 Å². The van der Waals surface area contributed by atoms with E-state index in [4.69, 9.17) is 5.11 Å². The summed E-state index contributed by atoms with van der Waals surface area (Å²) in [6.07, 6.45) is 8.68. The molecule has 0 saturated carbocycles. The summed E-state index contributed by atoms with van der Waals surface area (Å²) in [7, 11) is 0. The molecular weight excluding hydrogens is 198 g/mol. The van der Waals surface area contributed by atoms with Gasteiger partial charge in [-0.05, 0) is 12.8 Å². The largest absolute Gasteiger partial charge is 1.00 e. The third-order valence-corrected chi connectivity index (χ3v) is 2.10. The molecule has 14 heavy (non-hydrogen) atoms. The Morgan fingerprint density at radius 2 is 1.50 bits per heavy atom. The lowest BCUT2D eigenvalue weighted by molar-refractivity contribution is -0.697. The van der Waals surface area contributed by atoms with E-state index < -0.39 is 0 Å². The van der Waals surface area contributed by atoms with Gasteiger partial charge in [-0.1, -0.05) is 12.5 Å². The van der Waals surface area contributed by atoms with Crippen LogP contribution in [0.2, 0.25) is 0 Å². The molecule has 0 unspecified atom stereocenters. The Kier molecular flexibility index (Phi) is 8.59. The lowest BCUT2D eigenvalue weighted by Gasteiger charge is -1.96. The summed E-state index contributed by atoms with van der Waals surface area (Å²) in [5.41, 5.74) is 0. The molecule has 0 spiro atoms. The Morgan fingerprint density at radius 1 is 0.857 bits per heavy atom. The Hall–Kier alpha value is -0.600. The topological polar surface area (TPSA) is 24.1 Å². The van der Waals surface area contributed by atoms with E-state index in [0.717, 1.165) is 19.4 Å². The first-order chi connectivity index (χ1) is 6.43. The number of halogens is 1. The van der Waals surface area contributed by atoms with Crippen LogP contribution >= 0.6 is 0 Å². The molecule has 0 aliphatic heterocycles. The van der Waals surface area contributed by atoms with Crippen LogP contribution in [0, 0.1) is 0 Å². The number of aliphatic hydroxyl groups excluding tert-OH is 1. The monoisotopic (exact) mass is 215 g/mol. The van der Waals surface area contributed by atoms with Gasteiger partial charge in [-0.2, -0.15) is 0 Å². The number of rotatable bonds is 6. The smallest absolute Gasteiger partial charge is 0.168 e. The molecule has 0 fully saturated rings. The Labute approximate surface area is 92.0 Å². The maximum absolute atomic E-state index is 8.58. The number of nitrogens with zero attached hydrogens (tertiary/aromatic N) is 1. The quantitative estimate of drug-likeness (QED) is 0.455. The van der Waals surface area contributed by atoms with Crippen LogP contribution in [0.15, 0.2) is 30.6 Å². The van der Waals surface area contributed by atoms with Gasteiger partial charge >= 0.3 is 0 Å². The Morgan fingerprint density at radius 3 is 2.14 bits per heavy atom. The molecule has 0 bridgehead atoms.